The Morgan fingerprint density at radius 3 is 2.85 bits per heavy atom. The van der Waals surface area contributed by atoms with Crippen LogP contribution < -0.4 is 10.1 Å². The van der Waals surface area contributed by atoms with Crippen LogP contribution in [0, 0.1) is 0 Å². The lowest BCUT2D eigenvalue weighted by molar-refractivity contribution is 0.227. The quantitative estimate of drug-likeness (QED) is 0.926. The van der Waals surface area contributed by atoms with E-state index in [9.17, 15) is 0 Å². The summed E-state index contributed by atoms with van der Waals surface area (Å²) >= 11 is 0. The van der Waals surface area contributed by atoms with Gasteiger partial charge < -0.3 is 10.1 Å². The summed E-state index contributed by atoms with van der Waals surface area (Å²) in [6, 6.07) is 10.1. The Kier molecular flexibility index (Phi) is 3.54. The molecule has 4 heteroatoms. The second-order valence-corrected chi connectivity index (χ2v) is 4.90. The number of aromatic nitrogens is 2. The van der Waals surface area contributed by atoms with Gasteiger partial charge in [-0.15, -0.1) is 0 Å². The summed E-state index contributed by atoms with van der Waals surface area (Å²) in [5.41, 5.74) is 2.28. The van der Waals surface area contributed by atoms with Gasteiger partial charge in [0, 0.05) is 24.7 Å². The fourth-order valence-corrected chi connectivity index (χ4v) is 2.44. The summed E-state index contributed by atoms with van der Waals surface area (Å²) < 4.78 is 5.97. The molecule has 2 aromatic rings. The molecule has 104 valence electrons. The minimum absolute atomic E-state index is 0.0729. The number of nitrogens with zero attached hydrogens (tertiary/aromatic N) is 2. The molecule has 0 spiro atoms. The van der Waals surface area contributed by atoms with Gasteiger partial charge in [-0.3, -0.25) is 0 Å². The van der Waals surface area contributed by atoms with E-state index in [1.807, 2.05) is 24.3 Å². The third kappa shape index (κ3) is 2.46. The molecule has 0 aliphatic carbocycles. The predicted octanol–water partition coefficient (Wildman–Crippen LogP) is 3.15. The van der Waals surface area contributed by atoms with Crippen molar-refractivity contribution < 1.29 is 4.74 Å². The van der Waals surface area contributed by atoms with E-state index >= 15 is 0 Å². The van der Waals surface area contributed by atoms with Crippen molar-refractivity contribution >= 4 is 5.82 Å². The van der Waals surface area contributed by atoms with Gasteiger partial charge in [0.2, 0.25) is 0 Å². The number of para-hydroxylation sites is 1. The Labute approximate surface area is 119 Å². The Bertz CT molecular complexity index is 587. The molecular formula is C16H19N3O. The summed E-state index contributed by atoms with van der Waals surface area (Å²) in [5.74, 6) is 2.61. The van der Waals surface area contributed by atoms with E-state index in [2.05, 4.69) is 35.2 Å². The standard InChI is InChI=1S/C16H19N3O/c1-3-12-10-15(17-4-2)19-16(18-12)14-9-11-7-5-6-8-13(11)20-14/h5-8,10,14H,3-4,9H2,1-2H3,(H,17,18,19). The predicted molar refractivity (Wildman–Crippen MR) is 79.1 cm³/mol. The van der Waals surface area contributed by atoms with E-state index < -0.39 is 0 Å². The van der Waals surface area contributed by atoms with Crippen molar-refractivity contribution in [3.05, 3.63) is 47.4 Å². The molecule has 1 aromatic carbocycles. The minimum Gasteiger partial charge on any atom is -0.482 e. The van der Waals surface area contributed by atoms with Crippen LogP contribution in [0.25, 0.3) is 0 Å². The van der Waals surface area contributed by atoms with Crippen molar-refractivity contribution in [3.63, 3.8) is 0 Å². The molecule has 0 saturated carbocycles. The number of nitrogens with one attached hydrogen (secondary N) is 1. The molecule has 1 atom stereocenters. The number of benzene rings is 1. The van der Waals surface area contributed by atoms with E-state index in [4.69, 9.17) is 4.74 Å². The summed E-state index contributed by atoms with van der Waals surface area (Å²) in [7, 11) is 0. The first-order valence-electron chi connectivity index (χ1n) is 7.16. The highest BCUT2D eigenvalue weighted by Crippen LogP contribution is 2.35. The van der Waals surface area contributed by atoms with Gasteiger partial charge in [0.05, 0.1) is 0 Å². The highest BCUT2D eigenvalue weighted by Gasteiger charge is 2.26. The van der Waals surface area contributed by atoms with E-state index in [0.29, 0.717) is 0 Å². The zero-order valence-corrected chi connectivity index (χ0v) is 11.9. The average molecular weight is 269 g/mol. The first-order chi connectivity index (χ1) is 9.80. The monoisotopic (exact) mass is 269 g/mol. The van der Waals surface area contributed by atoms with Gasteiger partial charge in [0.25, 0.3) is 0 Å². The number of aryl methyl sites for hydroxylation is 1. The van der Waals surface area contributed by atoms with Crippen molar-refractivity contribution in [1.29, 1.82) is 0 Å². The molecule has 0 radical (unpaired) electrons. The fourth-order valence-electron chi connectivity index (χ4n) is 2.44. The van der Waals surface area contributed by atoms with Crippen LogP contribution in [0.1, 0.15) is 37.0 Å². The molecule has 0 bridgehead atoms. The lowest BCUT2D eigenvalue weighted by Crippen LogP contribution is -2.12. The van der Waals surface area contributed by atoms with Crippen molar-refractivity contribution in [2.75, 3.05) is 11.9 Å². The van der Waals surface area contributed by atoms with Crippen molar-refractivity contribution in [2.24, 2.45) is 0 Å². The van der Waals surface area contributed by atoms with E-state index in [0.717, 1.165) is 42.5 Å². The zero-order valence-electron chi connectivity index (χ0n) is 11.9. The minimum atomic E-state index is -0.0729. The molecule has 1 unspecified atom stereocenters. The van der Waals surface area contributed by atoms with Gasteiger partial charge in [-0.05, 0) is 25.0 Å². The van der Waals surface area contributed by atoms with Gasteiger partial charge in [0.1, 0.15) is 11.6 Å². The molecule has 3 rings (SSSR count). The van der Waals surface area contributed by atoms with Crippen LogP contribution in [0.3, 0.4) is 0 Å². The lowest BCUT2D eigenvalue weighted by atomic mass is 10.1. The molecule has 1 aromatic heterocycles. The number of rotatable bonds is 4. The Balaban J connectivity index is 1.89. The number of hydrogen-bond acceptors (Lipinski definition) is 4. The third-order valence-electron chi connectivity index (χ3n) is 3.45. The largest absolute Gasteiger partial charge is 0.482 e. The van der Waals surface area contributed by atoms with Crippen molar-refractivity contribution in [1.82, 2.24) is 9.97 Å². The van der Waals surface area contributed by atoms with E-state index in [-0.39, 0.29) is 6.10 Å². The average Bonchev–Trinajstić information content (AvgIpc) is 2.91. The van der Waals surface area contributed by atoms with Crippen LogP contribution in [0.5, 0.6) is 5.75 Å². The fraction of sp³-hybridized carbons (Fsp3) is 0.375. The Morgan fingerprint density at radius 2 is 2.10 bits per heavy atom. The van der Waals surface area contributed by atoms with Gasteiger partial charge in [-0.2, -0.15) is 0 Å². The van der Waals surface area contributed by atoms with E-state index in [1.54, 1.807) is 0 Å². The zero-order chi connectivity index (χ0) is 13.9. The van der Waals surface area contributed by atoms with Gasteiger partial charge >= 0.3 is 0 Å². The first-order valence-corrected chi connectivity index (χ1v) is 7.16. The molecule has 0 amide bonds. The van der Waals surface area contributed by atoms with Gasteiger partial charge in [-0.1, -0.05) is 25.1 Å². The molecule has 1 aliphatic heterocycles. The number of fused-ring (bicyclic) bond motifs is 1. The van der Waals surface area contributed by atoms with Gasteiger partial charge in [0.15, 0.2) is 11.9 Å². The molecule has 1 N–H and O–H groups in total. The summed E-state index contributed by atoms with van der Waals surface area (Å²) in [5, 5.41) is 3.26. The maximum absolute atomic E-state index is 5.97. The maximum Gasteiger partial charge on any atom is 0.172 e. The third-order valence-corrected chi connectivity index (χ3v) is 3.45. The SMILES string of the molecule is CCNc1cc(CC)nc(C2Cc3ccccc3O2)n1. The van der Waals surface area contributed by atoms with Crippen molar-refractivity contribution in [2.45, 2.75) is 32.8 Å². The summed E-state index contributed by atoms with van der Waals surface area (Å²) in [4.78, 5) is 9.21. The molecule has 1 aliphatic rings. The molecule has 0 fully saturated rings. The Morgan fingerprint density at radius 1 is 1.25 bits per heavy atom. The molecule has 2 heterocycles. The maximum atomic E-state index is 5.97. The number of hydrogen-bond donors (Lipinski definition) is 1. The van der Waals surface area contributed by atoms with Crippen LogP contribution in [0.2, 0.25) is 0 Å². The second-order valence-electron chi connectivity index (χ2n) is 4.90. The van der Waals surface area contributed by atoms with Crippen LogP contribution in [0.4, 0.5) is 5.82 Å². The van der Waals surface area contributed by atoms with E-state index in [1.165, 1.54) is 5.56 Å². The number of anilines is 1. The summed E-state index contributed by atoms with van der Waals surface area (Å²) in [6.45, 7) is 5.02. The normalized spacial score (nSPS) is 16.6. The van der Waals surface area contributed by atoms with Crippen LogP contribution in [0.15, 0.2) is 30.3 Å². The van der Waals surface area contributed by atoms with Crippen LogP contribution in [-0.4, -0.2) is 16.5 Å². The number of ether oxygens (including phenoxy) is 1. The van der Waals surface area contributed by atoms with Gasteiger partial charge in [-0.25, -0.2) is 9.97 Å². The van der Waals surface area contributed by atoms with Crippen LogP contribution in [-0.2, 0) is 12.8 Å². The highest BCUT2D eigenvalue weighted by atomic mass is 16.5. The lowest BCUT2D eigenvalue weighted by Gasteiger charge is -2.12. The Hall–Kier alpha value is -2.10. The molecule has 20 heavy (non-hydrogen) atoms. The van der Waals surface area contributed by atoms with Crippen LogP contribution >= 0.6 is 0 Å². The highest BCUT2D eigenvalue weighted by molar-refractivity contribution is 5.40. The second kappa shape index (κ2) is 5.49. The van der Waals surface area contributed by atoms with Crippen molar-refractivity contribution in [3.8, 4) is 5.75 Å². The topological polar surface area (TPSA) is 47.0 Å². The molecule has 0 saturated heterocycles. The summed E-state index contributed by atoms with van der Waals surface area (Å²) in [6.07, 6.45) is 1.67. The smallest absolute Gasteiger partial charge is 0.172 e. The first kappa shape index (κ1) is 12.9. The molecule has 4 nitrogen and oxygen atoms in total. The molecular weight excluding hydrogens is 250 g/mol.